The molecule has 1 aliphatic heterocycles. The second-order valence-corrected chi connectivity index (χ2v) is 13.1. The van der Waals surface area contributed by atoms with Crippen molar-refractivity contribution in [2.75, 3.05) is 19.6 Å². The smallest absolute Gasteiger partial charge is 0.219 e. The van der Waals surface area contributed by atoms with Crippen molar-refractivity contribution in [3.05, 3.63) is 0 Å². The van der Waals surface area contributed by atoms with E-state index in [1.165, 1.54) is 166 Å². The van der Waals surface area contributed by atoms with Gasteiger partial charge in [0.25, 0.3) is 0 Å². The van der Waals surface area contributed by atoms with Gasteiger partial charge in [-0.05, 0) is 25.7 Å². The molecule has 4 heteroatoms. The number of unbranched alkanes of at least 4 members (excludes halogenated alkanes) is 23. The van der Waals surface area contributed by atoms with Gasteiger partial charge < -0.3 is 10.6 Å². The van der Waals surface area contributed by atoms with Gasteiger partial charge in [-0.3, -0.25) is 9.79 Å². The lowest BCUT2D eigenvalue weighted by Crippen LogP contribution is -2.29. The van der Waals surface area contributed by atoms with Gasteiger partial charge >= 0.3 is 0 Å². The fraction of sp³-hybridized carbons (Fsp3) is 0.946. The monoisotopic (exact) mass is 576 g/mol. The van der Waals surface area contributed by atoms with Gasteiger partial charge in [-0.25, -0.2) is 0 Å². The largest absolute Gasteiger partial charge is 0.372 e. The van der Waals surface area contributed by atoms with Crippen LogP contribution in [0.25, 0.3) is 0 Å². The molecule has 1 heterocycles. The van der Waals surface area contributed by atoms with Crippen molar-refractivity contribution in [1.82, 2.24) is 10.6 Å². The van der Waals surface area contributed by atoms with Crippen LogP contribution in [-0.4, -0.2) is 31.4 Å². The predicted molar refractivity (Wildman–Crippen MR) is 182 cm³/mol. The van der Waals surface area contributed by atoms with Crippen molar-refractivity contribution in [3.8, 4) is 0 Å². The van der Waals surface area contributed by atoms with Gasteiger partial charge in [0, 0.05) is 25.4 Å². The van der Waals surface area contributed by atoms with Crippen molar-refractivity contribution in [2.24, 2.45) is 10.9 Å². The zero-order valence-corrected chi connectivity index (χ0v) is 28.1. The molecule has 242 valence electrons. The summed E-state index contributed by atoms with van der Waals surface area (Å²) in [5, 5.41) is 6.72. The molecule has 0 aliphatic carbocycles. The predicted octanol–water partition coefficient (Wildman–Crippen LogP) is 11.1. The summed E-state index contributed by atoms with van der Waals surface area (Å²) in [6.07, 6.45) is 38.5. The Hall–Kier alpha value is -1.06. The van der Waals surface area contributed by atoms with E-state index >= 15 is 0 Å². The summed E-state index contributed by atoms with van der Waals surface area (Å²) < 4.78 is 0. The molecular formula is C37H73N3O. The molecule has 0 radical (unpaired) electrons. The summed E-state index contributed by atoms with van der Waals surface area (Å²) in [7, 11) is 0. The summed E-state index contributed by atoms with van der Waals surface area (Å²) in [4.78, 5) is 17.0. The van der Waals surface area contributed by atoms with Crippen molar-refractivity contribution >= 4 is 11.7 Å². The number of nitrogens with zero attached hydrogens (tertiary/aromatic N) is 1. The fourth-order valence-corrected chi connectivity index (χ4v) is 6.31. The Morgan fingerprint density at radius 3 is 1.46 bits per heavy atom. The fourth-order valence-electron chi connectivity index (χ4n) is 6.31. The molecule has 0 aromatic heterocycles. The topological polar surface area (TPSA) is 53.5 Å². The minimum Gasteiger partial charge on any atom is -0.372 e. The van der Waals surface area contributed by atoms with E-state index in [0.29, 0.717) is 12.3 Å². The van der Waals surface area contributed by atoms with E-state index in [4.69, 9.17) is 4.99 Å². The van der Waals surface area contributed by atoms with Gasteiger partial charge in [0.15, 0.2) is 0 Å². The molecule has 41 heavy (non-hydrogen) atoms. The normalized spacial score (nSPS) is 13.8. The molecule has 0 fully saturated rings. The maximum absolute atomic E-state index is 12.3. The summed E-state index contributed by atoms with van der Waals surface area (Å²) in [5.41, 5.74) is 0. The van der Waals surface area contributed by atoms with Crippen LogP contribution in [0.5, 0.6) is 0 Å². The Balaban J connectivity index is 1.96. The summed E-state index contributed by atoms with van der Waals surface area (Å²) in [6.45, 7) is 7.33. The highest BCUT2D eigenvalue weighted by Gasteiger charge is 2.18. The van der Waals surface area contributed by atoms with Gasteiger partial charge in [-0.15, -0.1) is 0 Å². The zero-order chi connectivity index (χ0) is 29.5. The molecule has 0 aromatic rings. The number of amidine groups is 1. The number of hydrogen-bond acceptors (Lipinski definition) is 3. The Morgan fingerprint density at radius 2 is 1.02 bits per heavy atom. The maximum Gasteiger partial charge on any atom is 0.219 e. The lowest BCUT2D eigenvalue weighted by Gasteiger charge is -2.18. The number of carbonyl (C=O) groups is 1. The first kappa shape index (κ1) is 38.0. The highest BCUT2D eigenvalue weighted by atomic mass is 16.1. The third-order valence-corrected chi connectivity index (χ3v) is 9.05. The minimum absolute atomic E-state index is 0.252. The molecule has 0 saturated heterocycles. The van der Waals surface area contributed by atoms with Crippen LogP contribution in [-0.2, 0) is 4.79 Å². The van der Waals surface area contributed by atoms with Crippen LogP contribution in [0.4, 0.5) is 0 Å². The van der Waals surface area contributed by atoms with Gasteiger partial charge in [-0.2, -0.15) is 0 Å². The SMILES string of the molecule is CCCCCCCCCCCCCCCC(=O)NCCCC(CCCCCCCCCCCCCC)C1=NCCN1. The van der Waals surface area contributed by atoms with Crippen LogP contribution in [0, 0.1) is 5.92 Å². The van der Waals surface area contributed by atoms with Crippen LogP contribution in [0.3, 0.4) is 0 Å². The number of hydrogen-bond donors (Lipinski definition) is 2. The first-order valence-corrected chi connectivity index (χ1v) is 18.8. The van der Waals surface area contributed by atoms with Crippen molar-refractivity contribution in [3.63, 3.8) is 0 Å². The Bertz CT molecular complexity index is 591. The Kier molecular flexibility index (Phi) is 28.1. The van der Waals surface area contributed by atoms with Gasteiger partial charge in [-0.1, -0.05) is 168 Å². The van der Waals surface area contributed by atoms with Crippen molar-refractivity contribution < 1.29 is 4.79 Å². The van der Waals surface area contributed by atoms with Crippen LogP contribution in [0.15, 0.2) is 4.99 Å². The molecule has 0 bridgehead atoms. The number of amides is 1. The molecule has 0 aromatic carbocycles. The molecule has 1 aliphatic rings. The summed E-state index contributed by atoms with van der Waals surface area (Å²) >= 11 is 0. The van der Waals surface area contributed by atoms with E-state index in [9.17, 15) is 4.79 Å². The Labute approximate surface area is 257 Å². The van der Waals surface area contributed by atoms with E-state index in [-0.39, 0.29) is 5.91 Å². The van der Waals surface area contributed by atoms with Crippen molar-refractivity contribution in [1.29, 1.82) is 0 Å². The van der Waals surface area contributed by atoms with Gasteiger partial charge in [0.1, 0.15) is 0 Å². The van der Waals surface area contributed by atoms with Crippen LogP contribution < -0.4 is 10.6 Å². The molecular weight excluding hydrogens is 502 g/mol. The number of nitrogens with one attached hydrogen (secondary N) is 2. The van der Waals surface area contributed by atoms with Crippen LogP contribution in [0.1, 0.15) is 200 Å². The zero-order valence-electron chi connectivity index (χ0n) is 28.1. The molecule has 0 spiro atoms. The minimum atomic E-state index is 0.252. The third kappa shape index (κ3) is 25.2. The maximum atomic E-state index is 12.3. The van der Waals surface area contributed by atoms with Crippen LogP contribution in [0.2, 0.25) is 0 Å². The van der Waals surface area contributed by atoms with Crippen molar-refractivity contribution in [2.45, 2.75) is 200 Å². The number of rotatable bonds is 32. The van der Waals surface area contributed by atoms with E-state index in [1.54, 1.807) is 0 Å². The van der Waals surface area contributed by atoms with E-state index in [0.717, 1.165) is 38.9 Å². The molecule has 4 nitrogen and oxygen atoms in total. The Morgan fingerprint density at radius 1 is 0.610 bits per heavy atom. The average molecular weight is 576 g/mol. The highest BCUT2D eigenvalue weighted by Crippen LogP contribution is 2.20. The first-order chi connectivity index (χ1) is 20.3. The molecule has 1 amide bonds. The molecule has 1 atom stereocenters. The lowest BCUT2D eigenvalue weighted by atomic mass is 9.94. The number of aliphatic imine (C=N–C) groups is 1. The summed E-state index contributed by atoms with van der Waals surface area (Å²) in [6, 6.07) is 0. The quantitative estimate of drug-likeness (QED) is 0.0784. The van der Waals surface area contributed by atoms with E-state index < -0.39 is 0 Å². The van der Waals surface area contributed by atoms with E-state index in [2.05, 4.69) is 24.5 Å². The number of carbonyl (C=O) groups excluding carboxylic acids is 1. The summed E-state index contributed by atoms with van der Waals surface area (Å²) in [5.74, 6) is 2.05. The molecule has 1 unspecified atom stereocenters. The van der Waals surface area contributed by atoms with Crippen LogP contribution >= 0.6 is 0 Å². The van der Waals surface area contributed by atoms with E-state index in [1.807, 2.05) is 0 Å². The lowest BCUT2D eigenvalue weighted by molar-refractivity contribution is -0.121. The average Bonchev–Trinajstić information content (AvgIpc) is 3.52. The second-order valence-electron chi connectivity index (χ2n) is 13.1. The molecule has 2 N–H and O–H groups in total. The third-order valence-electron chi connectivity index (χ3n) is 9.05. The molecule has 0 saturated carbocycles. The highest BCUT2D eigenvalue weighted by molar-refractivity contribution is 5.85. The first-order valence-electron chi connectivity index (χ1n) is 18.8. The van der Waals surface area contributed by atoms with Gasteiger partial charge in [0.05, 0.1) is 12.4 Å². The molecule has 1 rings (SSSR count). The standard InChI is InChI=1S/C37H73N3O/c1-3-5-7-9-11-13-15-17-19-21-23-25-27-31-36(41)38-32-28-30-35(37-39-33-34-40-37)29-26-24-22-20-18-16-14-12-10-8-6-4-2/h35H,3-34H2,1-2H3,(H,38,41)(H,39,40). The second kappa shape index (κ2) is 30.4. The van der Waals surface area contributed by atoms with Gasteiger partial charge in [0.2, 0.25) is 5.91 Å².